The maximum atomic E-state index is 14.6. The average Bonchev–Trinajstić information content (AvgIpc) is 3.14. The molecule has 0 aliphatic carbocycles. The summed E-state index contributed by atoms with van der Waals surface area (Å²) >= 11 is 12.7. The topological polar surface area (TPSA) is 105 Å². The number of anilines is 1. The van der Waals surface area contributed by atoms with Crippen molar-refractivity contribution in [1.82, 2.24) is 5.32 Å². The number of fused-ring (bicyclic) bond motifs is 2. The van der Waals surface area contributed by atoms with Crippen molar-refractivity contribution < 1.29 is 28.6 Å². The molecule has 2 aliphatic heterocycles. The Kier molecular flexibility index (Phi) is 6.59. The van der Waals surface area contributed by atoms with Crippen molar-refractivity contribution >= 4 is 46.7 Å². The number of ether oxygens (including phenoxy) is 1. The summed E-state index contributed by atoms with van der Waals surface area (Å²) in [5, 5.41) is 16.3. The third kappa shape index (κ3) is 4.41. The van der Waals surface area contributed by atoms with Gasteiger partial charge in [-0.1, -0.05) is 35.3 Å². The second kappa shape index (κ2) is 9.54. The number of rotatable bonds is 5. The monoisotopic (exact) mass is 570 g/mol. The molecule has 2 amide bonds. The minimum Gasteiger partial charge on any atom is -0.478 e. The van der Waals surface area contributed by atoms with E-state index in [9.17, 15) is 23.9 Å². The highest BCUT2D eigenvalue weighted by molar-refractivity contribution is 6.31. The van der Waals surface area contributed by atoms with Crippen LogP contribution in [-0.4, -0.2) is 28.5 Å². The summed E-state index contributed by atoms with van der Waals surface area (Å²) in [5.41, 5.74) is -0.615. The van der Waals surface area contributed by atoms with E-state index < -0.39 is 40.7 Å². The zero-order valence-electron chi connectivity index (χ0n) is 21.3. The van der Waals surface area contributed by atoms with Crippen LogP contribution in [-0.2, 0) is 19.8 Å². The van der Waals surface area contributed by atoms with Crippen molar-refractivity contribution in [3.05, 3.63) is 92.7 Å². The second-order valence-electron chi connectivity index (χ2n) is 10.4. The third-order valence-corrected chi connectivity index (χ3v) is 8.00. The van der Waals surface area contributed by atoms with Gasteiger partial charge in [-0.25, -0.2) is 9.18 Å². The Bertz CT molecular complexity index is 1540. The molecule has 10 heteroatoms. The molecule has 3 N–H and O–H groups in total. The number of carboxylic acids is 1. The van der Waals surface area contributed by atoms with Crippen molar-refractivity contribution in [2.75, 3.05) is 5.32 Å². The molecule has 0 saturated carbocycles. The van der Waals surface area contributed by atoms with E-state index in [1.165, 1.54) is 32.0 Å². The molecule has 202 valence electrons. The van der Waals surface area contributed by atoms with Gasteiger partial charge < -0.3 is 20.5 Å². The molecule has 1 spiro atoms. The Morgan fingerprint density at radius 3 is 2.46 bits per heavy atom. The number of halogens is 3. The smallest absolute Gasteiger partial charge is 0.347 e. The number of piperidine rings is 1. The molecule has 0 aromatic heterocycles. The van der Waals surface area contributed by atoms with Crippen LogP contribution in [0, 0.1) is 12.7 Å². The van der Waals surface area contributed by atoms with Crippen LogP contribution in [0.1, 0.15) is 54.5 Å². The number of carboxylic acid groups (broad SMARTS) is 1. The molecule has 2 aliphatic rings. The first-order valence-corrected chi connectivity index (χ1v) is 13.0. The van der Waals surface area contributed by atoms with Crippen LogP contribution in [0.3, 0.4) is 0 Å². The molecule has 5 rings (SSSR count). The molecular weight excluding hydrogens is 546 g/mol. The number of amides is 2. The molecule has 1 fully saturated rings. The van der Waals surface area contributed by atoms with Crippen LogP contribution in [0.5, 0.6) is 5.75 Å². The van der Waals surface area contributed by atoms with Crippen molar-refractivity contribution in [2.24, 2.45) is 0 Å². The summed E-state index contributed by atoms with van der Waals surface area (Å²) in [6.45, 7) is 4.57. The molecule has 0 radical (unpaired) electrons. The molecule has 39 heavy (non-hydrogen) atoms. The van der Waals surface area contributed by atoms with Gasteiger partial charge in [0.1, 0.15) is 17.0 Å². The van der Waals surface area contributed by atoms with E-state index in [0.717, 1.165) is 0 Å². The lowest BCUT2D eigenvalue weighted by Crippen LogP contribution is -2.57. The first-order valence-electron chi connectivity index (χ1n) is 12.2. The van der Waals surface area contributed by atoms with Gasteiger partial charge in [-0.15, -0.1) is 0 Å². The van der Waals surface area contributed by atoms with Crippen LogP contribution >= 0.6 is 23.2 Å². The van der Waals surface area contributed by atoms with Crippen molar-refractivity contribution in [3.63, 3.8) is 0 Å². The minimum atomic E-state index is -1.63. The third-order valence-electron chi connectivity index (χ3n) is 7.53. The summed E-state index contributed by atoms with van der Waals surface area (Å²) in [6, 6.07) is 12.9. The van der Waals surface area contributed by atoms with Gasteiger partial charge in [0.15, 0.2) is 5.60 Å². The largest absolute Gasteiger partial charge is 0.478 e. The van der Waals surface area contributed by atoms with E-state index in [4.69, 9.17) is 27.9 Å². The van der Waals surface area contributed by atoms with Gasteiger partial charge in [0.25, 0.3) is 0 Å². The van der Waals surface area contributed by atoms with E-state index in [-0.39, 0.29) is 18.1 Å². The predicted octanol–water partition coefficient (Wildman–Crippen LogP) is 5.92. The quantitative estimate of drug-likeness (QED) is 0.353. The van der Waals surface area contributed by atoms with Gasteiger partial charge in [-0.3, -0.25) is 9.59 Å². The van der Waals surface area contributed by atoms with Gasteiger partial charge in [-0.05, 0) is 79.9 Å². The van der Waals surface area contributed by atoms with Gasteiger partial charge in [0.05, 0.1) is 6.04 Å². The fraction of sp³-hybridized carbons (Fsp3) is 0.276. The first kappa shape index (κ1) is 27.0. The Morgan fingerprint density at radius 2 is 1.74 bits per heavy atom. The number of nitrogens with one attached hydrogen (secondary N) is 2. The summed E-state index contributed by atoms with van der Waals surface area (Å²) in [6.07, 6.45) is -0.148. The summed E-state index contributed by atoms with van der Waals surface area (Å²) in [4.78, 5) is 39.4. The molecule has 2 heterocycles. The number of aliphatic carboxylic acids is 1. The van der Waals surface area contributed by atoms with Gasteiger partial charge in [0, 0.05) is 33.6 Å². The Labute approximate surface area is 234 Å². The van der Waals surface area contributed by atoms with Crippen LogP contribution in [0.4, 0.5) is 10.1 Å². The summed E-state index contributed by atoms with van der Waals surface area (Å²) in [7, 11) is 0. The molecule has 1 saturated heterocycles. The maximum absolute atomic E-state index is 14.6. The number of hydrogen-bond donors (Lipinski definition) is 3. The minimum absolute atomic E-state index is 0.148. The molecule has 3 atom stereocenters. The zero-order chi connectivity index (χ0) is 28.3. The van der Waals surface area contributed by atoms with Crippen molar-refractivity contribution in [2.45, 2.75) is 50.2 Å². The van der Waals surface area contributed by atoms with Crippen LogP contribution in [0.2, 0.25) is 10.0 Å². The molecular formula is C29H25Cl2FN2O5. The average molecular weight is 571 g/mol. The highest BCUT2D eigenvalue weighted by Crippen LogP contribution is 2.59. The Morgan fingerprint density at radius 1 is 1.05 bits per heavy atom. The van der Waals surface area contributed by atoms with Crippen molar-refractivity contribution in [1.29, 1.82) is 0 Å². The Balaban J connectivity index is 1.82. The molecule has 3 aromatic rings. The lowest BCUT2D eigenvalue weighted by atomic mass is 9.59. The van der Waals surface area contributed by atoms with E-state index in [1.807, 2.05) is 0 Å². The number of carbonyl (C=O) groups excluding carboxylic acids is 2. The normalized spacial score (nSPS) is 22.3. The fourth-order valence-corrected chi connectivity index (χ4v) is 6.00. The fourth-order valence-electron chi connectivity index (χ4n) is 5.65. The number of aryl methyl sites for hydroxylation is 1. The number of hydrogen-bond acceptors (Lipinski definition) is 4. The zero-order valence-corrected chi connectivity index (χ0v) is 22.8. The van der Waals surface area contributed by atoms with E-state index in [2.05, 4.69) is 10.6 Å². The maximum Gasteiger partial charge on any atom is 0.347 e. The lowest BCUT2D eigenvalue weighted by Gasteiger charge is -2.47. The lowest BCUT2D eigenvalue weighted by molar-refractivity contribution is -0.152. The number of benzene rings is 3. The van der Waals surface area contributed by atoms with Crippen LogP contribution in [0.25, 0.3) is 0 Å². The van der Waals surface area contributed by atoms with E-state index >= 15 is 0 Å². The molecule has 7 nitrogen and oxygen atoms in total. The highest BCUT2D eigenvalue weighted by atomic mass is 35.5. The van der Waals surface area contributed by atoms with Crippen molar-refractivity contribution in [3.8, 4) is 5.75 Å². The molecule has 1 unspecified atom stereocenters. The van der Waals surface area contributed by atoms with Gasteiger partial charge in [-0.2, -0.15) is 0 Å². The summed E-state index contributed by atoms with van der Waals surface area (Å²) in [5.74, 6) is -3.24. The summed E-state index contributed by atoms with van der Waals surface area (Å²) < 4.78 is 20.6. The first-order chi connectivity index (χ1) is 18.3. The van der Waals surface area contributed by atoms with Crippen LogP contribution in [0.15, 0.2) is 54.6 Å². The molecule has 0 bridgehead atoms. The van der Waals surface area contributed by atoms with Crippen LogP contribution < -0.4 is 15.4 Å². The van der Waals surface area contributed by atoms with Gasteiger partial charge >= 0.3 is 5.97 Å². The van der Waals surface area contributed by atoms with E-state index in [0.29, 0.717) is 38.0 Å². The van der Waals surface area contributed by atoms with Gasteiger partial charge in [0.2, 0.25) is 11.8 Å². The second-order valence-corrected chi connectivity index (χ2v) is 11.2. The predicted molar refractivity (Wildman–Crippen MR) is 145 cm³/mol. The SMILES string of the molecule is Cc1ccc(F)cc1[C@@H]1NC(=O)C[C@H](c2cc(Cl)ccc2OC(C)(C)C(=O)O)C12C(=O)Nc1cc(Cl)ccc12. The standard InChI is InChI=1S/C29H25Cl2FN2O5/c1-14-4-7-17(32)12-18(14)25-29(20-8-5-16(31)11-22(20)33-26(29)36)21(13-24(35)34-25)19-10-15(30)6-9-23(19)39-28(2,3)27(37)38/h4-12,21,25H,13H2,1-3H3,(H,33,36)(H,34,35)(H,37,38)/t21-,25+,29?/m1/s1. The number of carbonyl (C=O) groups is 3. The van der Waals surface area contributed by atoms with E-state index in [1.54, 1.807) is 43.3 Å². The molecule has 3 aromatic carbocycles. The Hall–Kier alpha value is -3.62. The highest BCUT2D eigenvalue weighted by Gasteiger charge is 2.62.